The molecule has 0 saturated heterocycles. The summed E-state index contributed by atoms with van der Waals surface area (Å²) in [4.78, 5) is 50.9. The molecule has 0 amide bonds. The SMILES string of the molecule is O=[P+]([O-])[O-].O=[P+]([O-])[O-].O=[P+]([O-])[O-].P.P.[Nd+3].[Nd+3]. The van der Waals surface area contributed by atoms with E-state index in [0.29, 0.717) is 0 Å². The van der Waals surface area contributed by atoms with Gasteiger partial charge in [0, 0.05) is 0 Å². The van der Waals surface area contributed by atoms with Gasteiger partial charge >= 0.3 is 81.7 Å². The van der Waals surface area contributed by atoms with E-state index in [4.69, 9.17) is 43.1 Å². The number of rotatable bonds is 0. The quantitative estimate of drug-likeness (QED) is 0.248. The molecule has 16 heteroatoms. The van der Waals surface area contributed by atoms with Gasteiger partial charge in [0.2, 0.25) is 0 Å². The monoisotopic (exact) mass is 589 g/mol. The normalized spacial score (nSPS) is 4.88. The van der Waals surface area contributed by atoms with Crippen molar-refractivity contribution in [1.29, 1.82) is 0 Å². The minimum absolute atomic E-state index is 0. The van der Waals surface area contributed by atoms with Crippen molar-refractivity contribution < 1.29 is 125 Å². The van der Waals surface area contributed by atoms with Gasteiger partial charge in [0.05, 0.1) is 0 Å². The predicted molar refractivity (Wildman–Crippen MR) is 45.0 cm³/mol. The van der Waals surface area contributed by atoms with Gasteiger partial charge in [-0.1, -0.05) is 13.7 Å². The van der Waals surface area contributed by atoms with Gasteiger partial charge in [-0.15, -0.1) is 0 Å². The van der Waals surface area contributed by atoms with Crippen LogP contribution >= 0.6 is 44.6 Å². The Labute approximate surface area is 166 Å². The van der Waals surface area contributed by atoms with Gasteiger partial charge in [-0.05, 0) is 0 Å². The number of hydrogen-bond acceptors (Lipinski definition) is 9. The smallest absolute Gasteiger partial charge is 0.598 e. The largest absolute Gasteiger partial charge is 3.00 e. The molecule has 0 saturated carbocycles. The Bertz CT molecular complexity index is 119. The van der Waals surface area contributed by atoms with Crippen molar-refractivity contribution in [2.75, 3.05) is 0 Å². The van der Waals surface area contributed by atoms with E-state index in [-0.39, 0.29) is 101 Å². The van der Waals surface area contributed by atoms with Crippen molar-refractivity contribution in [2.24, 2.45) is 0 Å². The van der Waals surface area contributed by atoms with Gasteiger partial charge in [0.1, 0.15) is 0 Å². The van der Waals surface area contributed by atoms with Crippen LogP contribution in [-0.4, -0.2) is 0 Å². The van der Waals surface area contributed by atoms with E-state index in [1.807, 2.05) is 0 Å². The molecular formula is H6Nd2O9P5+3. The summed E-state index contributed by atoms with van der Waals surface area (Å²) in [6.07, 6.45) is 0. The predicted octanol–water partition coefficient (Wildman–Crippen LogP) is -4.79. The van der Waals surface area contributed by atoms with Crippen LogP contribution in [0.25, 0.3) is 0 Å². The zero-order valence-electron chi connectivity index (χ0n) is 7.43. The Morgan fingerprint density at radius 2 is 0.500 bits per heavy atom. The van der Waals surface area contributed by atoms with Crippen molar-refractivity contribution in [3.63, 3.8) is 0 Å². The van der Waals surface area contributed by atoms with Gasteiger partial charge < -0.3 is 29.4 Å². The van der Waals surface area contributed by atoms with Crippen LogP contribution in [0, 0.1) is 81.7 Å². The molecule has 0 aromatic rings. The van der Waals surface area contributed by atoms with Gasteiger partial charge in [0.15, 0.2) is 0 Å². The fourth-order valence-electron chi connectivity index (χ4n) is 0. The summed E-state index contributed by atoms with van der Waals surface area (Å²) in [5.74, 6) is 0. The van der Waals surface area contributed by atoms with Crippen molar-refractivity contribution in [2.45, 2.75) is 0 Å². The molecule has 0 spiro atoms. The van der Waals surface area contributed by atoms with Gasteiger partial charge in [0.25, 0.3) is 24.8 Å². The molecule has 0 heterocycles. The Kier molecular flexibility index (Phi) is 96.9. The second-order valence-electron chi connectivity index (χ2n) is 0.671. The van der Waals surface area contributed by atoms with Crippen LogP contribution in [0.15, 0.2) is 0 Å². The molecule has 0 aliphatic carbocycles. The van der Waals surface area contributed by atoms with E-state index < -0.39 is 24.8 Å². The average Bonchev–Trinajstić information content (AvgIpc) is 1.54. The van der Waals surface area contributed by atoms with Crippen LogP contribution < -0.4 is 29.4 Å². The molecule has 0 N–H and O–H groups in total. The van der Waals surface area contributed by atoms with Crippen LogP contribution in [0.2, 0.25) is 0 Å². The third-order valence-electron chi connectivity index (χ3n) is 0. The average molecular weight is 593 g/mol. The van der Waals surface area contributed by atoms with Crippen LogP contribution in [0.3, 0.4) is 0 Å². The Hall–Kier alpha value is 3.62. The minimum atomic E-state index is -3.37. The van der Waals surface area contributed by atoms with Gasteiger partial charge in [-0.25, -0.2) is 0 Å². The molecule has 2 radical (unpaired) electrons. The third-order valence-corrected chi connectivity index (χ3v) is 0. The van der Waals surface area contributed by atoms with Crippen molar-refractivity contribution in [3.05, 3.63) is 0 Å². The molecule has 0 aromatic heterocycles. The summed E-state index contributed by atoms with van der Waals surface area (Å²) in [6.45, 7) is 0. The van der Waals surface area contributed by atoms with Crippen molar-refractivity contribution in [3.8, 4) is 0 Å². The molecule has 16 heavy (non-hydrogen) atoms. The first-order valence-electron chi connectivity index (χ1n) is 1.64. The molecule has 90 valence electrons. The fourth-order valence-corrected chi connectivity index (χ4v) is 0. The Morgan fingerprint density at radius 3 is 0.500 bits per heavy atom. The molecule has 9 nitrogen and oxygen atoms in total. The zero-order valence-corrected chi connectivity index (χ0v) is 19.4. The standard InChI is InChI=1S/2Nd.3HO3P.2H3P/c;;3*1-4(2)3;;/h;;3*(H,1,2,3);2*1H3/q2*+3;;;;;/p-3. The van der Waals surface area contributed by atoms with Crippen molar-refractivity contribution in [1.82, 2.24) is 0 Å². The van der Waals surface area contributed by atoms with E-state index in [0.717, 1.165) is 0 Å². The van der Waals surface area contributed by atoms with Gasteiger partial charge in [-0.3, -0.25) is 0 Å². The maximum atomic E-state index is 8.48. The molecule has 0 aliphatic heterocycles. The van der Waals surface area contributed by atoms with E-state index in [2.05, 4.69) is 0 Å². The second-order valence-corrected chi connectivity index (χ2v) is 2.01. The molecule has 2 atom stereocenters. The maximum Gasteiger partial charge on any atom is 3.00 e. The second kappa shape index (κ2) is 36.3. The summed E-state index contributed by atoms with van der Waals surface area (Å²) in [5.41, 5.74) is 0. The van der Waals surface area contributed by atoms with Crippen molar-refractivity contribution >= 4 is 44.6 Å². The minimum Gasteiger partial charge on any atom is -0.598 e. The van der Waals surface area contributed by atoms with Crippen LogP contribution in [0.4, 0.5) is 0 Å². The first kappa shape index (κ1) is 42.7. The molecule has 2 unspecified atom stereocenters. The summed E-state index contributed by atoms with van der Waals surface area (Å²) < 4.78 is 25.4. The topological polar surface area (TPSA) is 190 Å². The van der Waals surface area contributed by atoms with Gasteiger partial charge in [-0.2, -0.15) is 19.8 Å². The third kappa shape index (κ3) is 371. The van der Waals surface area contributed by atoms with Crippen LogP contribution in [-0.2, 0) is 13.7 Å². The van der Waals surface area contributed by atoms with E-state index in [1.165, 1.54) is 0 Å². The Balaban J connectivity index is -0.0000000135. The molecule has 0 aromatic carbocycles. The van der Waals surface area contributed by atoms with Crippen LogP contribution in [0.5, 0.6) is 0 Å². The zero-order chi connectivity index (χ0) is 10.7. The fraction of sp³-hybridized carbons (Fsp3) is 0. The summed E-state index contributed by atoms with van der Waals surface area (Å²) >= 11 is 0. The van der Waals surface area contributed by atoms with E-state index in [9.17, 15) is 0 Å². The number of hydrogen-bond donors (Lipinski definition) is 0. The molecule has 0 rings (SSSR count). The molecule has 0 bridgehead atoms. The summed E-state index contributed by atoms with van der Waals surface area (Å²) in [6, 6.07) is 0. The Morgan fingerprint density at radius 1 is 0.500 bits per heavy atom. The van der Waals surface area contributed by atoms with E-state index in [1.54, 1.807) is 0 Å². The summed E-state index contributed by atoms with van der Waals surface area (Å²) in [5, 5.41) is 0. The molecule has 0 aliphatic rings. The van der Waals surface area contributed by atoms with Crippen LogP contribution in [0.1, 0.15) is 0 Å². The van der Waals surface area contributed by atoms with E-state index >= 15 is 0 Å². The first-order chi connectivity index (χ1) is 5.20. The first-order valence-corrected chi connectivity index (χ1v) is 4.93. The molecular weight excluding hydrogens is 587 g/mol. The summed E-state index contributed by atoms with van der Waals surface area (Å²) in [7, 11) is -10.1. The maximum absolute atomic E-state index is 8.48. The molecule has 0 fully saturated rings.